The van der Waals surface area contributed by atoms with Crippen molar-refractivity contribution >= 4 is 27.5 Å². The summed E-state index contributed by atoms with van der Waals surface area (Å²) in [5, 5.41) is 0. The molecule has 0 aromatic rings. The van der Waals surface area contributed by atoms with Crippen LogP contribution in [0.4, 0.5) is 0 Å². The van der Waals surface area contributed by atoms with E-state index < -0.39 is 15.9 Å². The first-order valence-electron chi connectivity index (χ1n) is 10.1. The third-order valence-electron chi connectivity index (χ3n) is 3.98. The molecule has 0 aliphatic heterocycles. The molecule has 0 aromatic heterocycles. The predicted molar refractivity (Wildman–Crippen MR) is 115 cm³/mol. The third kappa shape index (κ3) is 9.67. The third-order valence-corrected chi connectivity index (χ3v) is 8.13. The zero-order chi connectivity index (χ0) is 19.4. The van der Waals surface area contributed by atoms with Crippen LogP contribution >= 0.6 is 0 Å². The summed E-state index contributed by atoms with van der Waals surface area (Å²) < 4.78 is 5.18. The maximum absolute atomic E-state index is 5.00. The SMILES string of the molecule is CCCCC(=NC)[N]([Ge][N](C(CCCC)=NC(C)C)C(C)C)C(C)C. The summed E-state index contributed by atoms with van der Waals surface area (Å²) in [5.41, 5.74) is 0. The van der Waals surface area contributed by atoms with Crippen LogP contribution in [0.5, 0.6) is 0 Å². The van der Waals surface area contributed by atoms with Gasteiger partial charge in [-0.05, 0) is 0 Å². The molecule has 0 aliphatic rings. The molecule has 146 valence electrons. The molecule has 0 saturated heterocycles. The van der Waals surface area contributed by atoms with Gasteiger partial charge >= 0.3 is 164 Å². The van der Waals surface area contributed by atoms with Crippen molar-refractivity contribution in [1.82, 2.24) is 7.71 Å². The van der Waals surface area contributed by atoms with Gasteiger partial charge in [-0.1, -0.05) is 0 Å². The molecule has 0 rings (SSSR count). The minimum atomic E-state index is -0.502. The Bertz CT molecular complexity index is 403. The van der Waals surface area contributed by atoms with Crippen LogP contribution in [0, 0.1) is 0 Å². The van der Waals surface area contributed by atoms with E-state index >= 15 is 0 Å². The van der Waals surface area contributed by atoms with Gasteiger partial charge in [0, 0.05) is 0 Å². The van der Waals surface area contributed by atoms with E-state index in [9.17, 15) is 0 Å². The first-order chi connectivity index (χ1) is 11.8. The van der Waals surface area contributed by atoms with E-state index in [1.54, 1.807) is 0 Å². The quantitative estimate of drug-likeness (QED) is 0.267. The van der Waals surface area contributed by atoms with Gasteiger partial charge in [-0.3, -0.25) is 0 Å². The average molecular weight is 411 g/mol. The van der Waals surface area contributed by atoms with Crippen molar-refractivity contribution in [3.05, 3.63) is 0 Å². The zero-order valence-electron chi connectivity index (χ0n) is 18.3. The molecule has 0 amide bonds. The van der Waals surface area contributed by atoms with E-state index in [1.807, 2.05) is 7.05 Å². The van der Waals surface area contributed by atoms with Crippen LogP contribution in [0.15, 0.2) is 9.98 Å². The van der Waals surface area contributed by atoms with Gasteiger partial charge < -0.3 is 0 Å². The van der Waals surface area contributed by atoms with Crippen LogP contribution in [0.1, 0.15) is 93.9 Å². The molecule has 0 saturated carbocycles. The molecular weight excluding hydrogens is 369 g/mol. The zero-order valence-corrected chi connectivity index (χ0v) is 20.4. The molecule has 5 heteroatoms. The molecule has 2 radical (unpaired) electrons. The molecule has 25 heavy (non-hydrogen) atoms. The number of rotatable bonds is 11. The fourth-order valence-electron chi connectivity index (χ4n) is 2.61. The molecule has 0 aromatic carbocycles. The normalized spacial score (nSPS) is 13.3. The van der Waals surface area contributed by atoms with Gasteiger partial charge in [0.25, 0.3) is 0 Å². The van der Waals surface area contributed by atoms with Crippen molar-refractivity contribution in [2.24, 2.45) is 9.98 Å². The average Bonchev–Trinajstić information content (AvgIpc) is 2.53. The van der Waals surface area contributed by atoms with Gasteiger partial charge in [-0.2, -0.15) is 0 Å². The van der Waals surface area contributed by atoms with Crippen LogP contribution in [0.3, 0.4) is 0 Å². The molecule has 0 N–H and O–H groups in total. The van der Waals surface area contributed by atoms with Crippen LogP contribution in [-0.4, -0.2) is 60.4 Å². The van der Waals surface area contributed by atoms with E-state index in [0.717, 1.165) is 12.8 Å². The Morgan fingerprint density at radius 2 is 1.24 bits per heavy atom. The number of unbranched alkanes of at least 4 members (excludes halogenated alkanes) is 2. The summed E-state index contributed by atoms with van der Waals surface area (Å²) in [6.45, 7) is 18.1. The first-order valence-corrected chi connectivity index (χ1v) is 12.0. The molecule has 0 atom stereocenters. The Morgan fingerprint density at radius 1 is 0.800 bits per heavy atom. The van der Waals surface area contributed by atoms with Gasteiger partial charge in [0.15, 0.2) is 0 Å². The molecular formula is C20H42GeN4. The second-order valence-corrected chi connectivity index (χ2v) is 9.95. The van der Waals surface area contributed by atoms with Gasteiger partial charge in [-0.15, -0.1) is 0 Å². The molecule has 0 bridgehead atoms. The van der Waals surface area contributed by atoms with E-state index in [2.05, 4.69) is 68.1 Å². The van der Waals surface area contributed by atoms with Crippen molar-refractivity contribution < 1.29 is 0 Å². The van der Waals surface area contributed by atoms with Crippen LogP contribution < -0.4 is 0 Å². The van der Waals surface area contributed by atoms with E-state index in [0.29, 0.717) is 18.1 Å². The first kappa shape index (κ1) is 24.5. The van der Waals surface area contributed by atoms with Crippen molar-refractivity contribution in [2.75, 3.05) is 7.05 Å². The second-order valence-electron chi connectivity index (χ2n) is 7.51. The summed E-state index contributed by atoms with van der Waals surface area (Å²) >= 11 is -0.502. The Hall–Kier alpha value is -0.517. The van der Waals surface area contributed by atoms with Crippen molar-refractivity contribution in [1.29, 1.82) is 0 Å². The van der Waals surface area contributed by atoms with Crippen LogP contribution in [0.2, 0.25) is 0 Å². The fourth-order valence-corrected chi connectivity index (χ4v) is 5.35. The molecule has 0 heterocycles. The van der Waals surface area contributed by atoms with Crippen molar-refractivity contribution in [2.45, 2.75) is 112 Å². The van der Waals surface area contributed by atoms with Crippen LogP contribution in [-0.2, 0) is 0 Å². The summed E-state index contributed by atoms with van der Waals surface area (Å²) in [6, 6.07) is 1.33. The Balaban J connectivity index is 5.51. The number of aliphatic imine (C=N–C) groups is 2. The van der Waals surface area contributed by atoms with Gasteiger partial charge in [0.05, 0.1) is 0 Å². The second kappa shape index (κ2) is 13.7. The monoisotopic (exact) mass is 412 g/mol. The molecule has 0 unspecified atom stereocenters. The minimum absolute atomic E-state index is 0.353. The Morgan fingerprint density at radius 3 is 1.60 bits per heavy atom. The number of amidine groups is 2. The summed E-state index contributed by atoms with van der Waals surface area (Å²) in [6.07, 6.45) is 7.05. The van der Waals surface area contributed by atoms with Gasteiger partial charge in [0.1, 0.15) is 0 Å². The standard InChI is InChI=1S/C20H42GeN4/c1-10-12-14-19(22-9)24(17(5)6)21-25(18(7)8)20(15-13-11-2)23-16(3)4/h16-18H,10-15H2,1-9H3. The number of nitrogens with zero attached hydrogens (tertiary/aromatic N) is 4. The number of hydrogen-bond acceptors (Lipinski definition) is 2. The summed E-state index contributed by atoms with van der Waals surface area (Å²) in [7, 11) is 1.95. The Kier molecular flexibility index (Phi) is 13.4. The topological polar surface area (TPSA) is 31.2 Å². The molecule has 0 spiro atoms. The van der Waals surface area contributed by atoms with Crippen molar-refractivity contribution in [3.8, 4) is 0 Å². The molecule has 0 aliphatic carbocycles. The van der Waals surface area contributed by atoms with E-state index in [-0.39, 0.29) is 0 Å². The maximum atomic E-state index is 5.00. The summed E-state index contributed by atoms with van der Waals surface area (Å²) in [4.78, 5) is 9.65. The fraction of sp³-hybridized carbons (Fsp3) is 0.900. The van der Waals surface area contributed by atoms with Gasteiger partial charge in [-0.25, -0.2) is 0 Å². The van der Waals surface area contributed by atoms with Crippen molar-refractivity contribution in [3.63, 3.8) is 0 Å². The molecule has 0 fully saturated rings. The van der Waals surface area contributed by atoms with E-state index in [4.69, 9.17) is 4.99 Å². The molecule has 4 nitrogen and oxygen atoms in total. The van der Waals surface area contributed by atoms with Crippen LogP contribution in [0.25, 0.3) is 0 Å². The summed E-state index contributed by atoms with van der Waals surface area (Å²) in [5.74, 6) is 2.59. The van der Waals surface area contributed by atoms with E-state index in [1.165, 1.54) is 37.4 Å². The predicted octanol–water partition coefficient (Wildman–Crippen LogP) is 5.16. The van der Waals surface area contributed by atoms with Gasteiger partial charge in [0.2, 0.25) is 0 Å². The Labute approximate surface area is 164 Å². The number of hydrogen-bond donors (Lipinski definition) is 0.